The van der Waals surface area contributed by atoms with Crippen LogP contribution in [0.3, 0.4) is 0 Å². The summed E-state index contributed by atoms with van der Waals surface area (Å²) >= 11 is 2.00. The van der Waals surface area contributed by atoms with Crippen molar-refractivity contribution in [3.63, 3.8) is 0 Å². The molecule has 4 aromatic carbocycles. The number of hydrogen-bond donors (Lipinski definition) is 0. The smallest absolute Gasteiger partial charge is 0.0740 e. The molecule has 4 rings (SSSR count). The minimum absolute atomic E-state index is 1.35. The third kappa shape index (κ3) is 4.61. The van der Waals surface area contributed by atoms with E-state index in [2.05, 4.69) is 86.6 Å². The summed E-state index contributed by atoms with van der Waals surface area (Å²) in [4.78, 5) is 0. The van der Waals surface area contributed by atoms with Gasteiger partial charge in [0.15, 0.2) is 0 Å². The van der Waals surface area contributed by atoms with Gasteiger partial charge in [-0.2, -0.15) is 24.3 Å². The monoisotopic (exact) mass is 334 g/mol. The summed E-state index contributed by atoms with van der Waals surface area (Å²) in [5, 5.41) is 5.45. The summed E-state index contributed by atoms with van der Waals surface area (Å²) in [6.45, 7) is 6.28. The number of fused-ring (bicyclic) bond motifs is 2. The molecule has 114 valence electrons. The molecule has 0 atom stereocenters. The number of hydrogen-bond acceptors (Lipinski definition) is 0. The van der Waals surface area contributed by atoms with E-state index in [1.165, 1.54) is 32.7 Å². The van der Waals surface area contributed by atoms with Crippen LogP contribution in [0.2, 0.25) is 0 Å². The largest absolute Gasteiger partial charge is 0.168 e. The fraction of sp³-hybridized carbons (Fsp3) is 0.136. The molecule has 0 heterocycles. The number of benzene rings is 2. The molecule has 4 aromatic rings. The van der Waals surface area contributed by atoms with E-state index in [9.17, 15) is 0 Å². The molecule has 0 spiro atoms. The van der Waals surface area contributed by atoms with Gasteiger partial charge in [-0.15, -0.1) is 69.1 Å². The average Bonchev–Trinajstić information content (AvgIpc) is 3.18. The van der Waals surface area contributed by atoms with Crippen LogP contribution in [0.4, 0.5) is 0 Å². The third-order valence-electron chi connectivity index (χ3n) is 3.79. The molecule has 0 nitrogen and oxygen atoms in total. The molecule has 0 amide bonds. The van der Waals surface area contributed by atoms with Crippen LogP contribution in [-0.2, 0) is 20.0 Å². The Morgan fingerprint density at radius 3 is 1.48 bits per heavy atom. The Labute approximate surface area is 150 Å². The van der Waals surface area contributed by atoms with E-state index < -0.39 is 0 Å². The summed E-state index contributed by atoms with van der Waals surface area (Å²) in [5.41, 5.74) is 2.73. The molecule has 0 aliphatic rings. The van der Waals surface area contributed by atoms with Gasteiger partial charge >= 0.3 is 31.2 Å². The molecular formula is C22H22Ti. The van der Waals surface area contributed by atoms with E-state index >= 15 is 0 Å². The summed E-state index contributed by atoms with van der Waals surface area (Å²) in [6.07, 6.45) is 0. The van der Waals surface area contributed by atoms with Crippen LogP contribution in [0.25, 0.3) is 21.5 Å². The van der Waals surface area contributed by atoms with Gasteiger partial charge in [0, 0.05) is 0 Å². The van der Waals surface area contributed by atoms with Gasteiger partial charge in [-0.3, -0.25) is 0 Å². The summed E-state index contributed by atoms with van der Waals surface area (Å²) in [6, 6.07) is 25.5. The van der Waals surface area contributed by atoms with Crippen LogP contribution in [-0.4, -0.2) is 4.31 Å². The molecule has 0 aliphatic carbocycles. The zero-order chi connectivity index (χ0) is 16.7. The van der Waals surface area contributed by atoms with Gasteiger partial charge in [0.1, 0.15) is 0 Å². The van der Waals surface area contributed by atoms with E-state index in [1.54, 1.807) is 0 Å². The normalized spacial score (nSPS) is 9.78. The molecule has 23 heavy (non-hydrogen) atoms. The summed E-state index contributed by atoms with van der Waals surface area (Å²) < 4.78 is 2.00. The first kappa shape index (κ1) is 17.6. The summed E-state index contributed by atoms with van der Waals surface area (Å²) in [5.74, 6) is 0. The SMILES string of the molecule is C[CH]=[Ti+2].Cc1cccc2cc[cH-]c12.Cc1cccc2cc[cH-]c12. The van der Waals surface area contributed by atoms with Crippen molar-refractivity contribution in [2.75, 3.05) is 0 Å². The quantitative estimate of drug-likeness (QED) is 0.270. The molecule has 0 N–H and O–H groups in total. The minimum Gasteiger partial charge on any atom is -0.168 e. The maximum atomic E-state index is 2.16. The Kier molecular flexibility index (Phi) is 6.71. The van der Waals surface area contributed by atoms with E-state index in [0.29, 0.717) is 0 Å². The zero-order valence-corrected chi connectivity index (χ0v) is 15.6. The molecule has 0 radical (unpaired) electrons. The van der Waals surface area contributed by atoms with Crippen molar-refractivity contribution in [3.05, 3.63) is 83.9 Å². The van der Waals surface area contributed by atoms with Crippen molar-refractivity contribution in [3.8, 4) is 0 Å². The Morgan fingerprint density at radius 2 is 1.13 bits per heavy atom. The standard InChI is InChI=1S/2C10H9.C2H4.Ti/c2*1-8-4-2-5-9-6-3-7-10(8)9;1-2;/h2*2-7H,1H3;1H,2H3;/q2*-1;;+2. The molecule has 1 heteroatoms. The van der Waals surface area contributed by atoms with Gasteiger partial charge in [-0.25, -0.2) is 0 Å². The van der Waals surface area contributed by atoms with Crippen LogP contribution < -0.4 is 0 Å². The molecule has 0 saturated carbocycles. The van der Waals surface area contributed by atoms with E-state index in [1.807, 2.05) is 31.2 Å². The minimum atomic E-state index is 1.35. The topological polar surface area (TPSA) is 0 Å². The van der Waals surface area contributed by atoms with E-state index in [-0.39, 0.29) is 0 Å². The molecule has 0 aliphatic heterocycles. The Balaban J connectivity index is 0.000000143. The van der Waals surface area contributed by atoms with Crippen molar-refractivity contribution in [1.29, 1.82) is 0 Å². The second-order valence-electron chi connectivity index (χ2n) is 5.50. The van der Waals surface area contributed by atoms with Crippen LogP contribution in [0.5, 0.6) is 0 Å². The number of rotatable bonds is 0. The third-order valence-corrected chi connectivity index (χ3v) is 3.79. The molecule has 0 saturated heterocycles. The van der Waals surface area contributed by atoms with Crippen molar-refractivity contribution in [1.82, 2.24) is 0 Å². The summed E-state index contributed by atoms with van der Waals surface area (Å²) in [7, 11) is 0. The van der Waals surface area contributed by atoms with E-state index in [0.717, 1.165) is 0 Å². The zero-order valence-electron chi connectivity index (χ0n) is 14.0. The first-order chi connectivity index (χ1) is 11.2. The molecular weight excluding hydrogens is 312 g/mol. The molecule has 0 unspecified atom stereocenters. The maximum Gasteiger partial charge on any atom is -0.0740 e. The first-order valence-electron chi connectivity index (χ1n) is 7.84. The average molecular weight is 334 g/mol. The number of aryl methyl sites for hydroxylation is 2. The molecule has 0 aromatic heterocycles. The van der Waals surface area contributed by atoms with Crippen LogP contribution in [0, 0.1) is 13.8 Å². The fourth-order valence-electron chi connectivity index (χ4n) is 2.65. The van der Waals surface area contributed by atoms with Crippen LogP contribution in [0.15, 0.2) is 72.8 Å². The Bertz CT molecular complexity index is 805. The van der Waals surface area contributed by atoms with Gasteiger partial charge < -0.3 is 0 Å². The van der Waals surface area contributed by atoms with Crippen molar-refractivity contribution < 1.29 is 20.0 Å². The predicted octanol–water partition coefficient (Wildman–Crippen LogP) is 6.09. The second kappa shape index (κ2) is 8.77. The van der Waals surface area contributed by atoms with Crippen molar-refractivity contribution in [2.45, 2.75) is 20.8 Å². The second-order valence-corrected chi connectivity index (χ2v) is 6.40. The van der Waals surface area contributed by atoms with Gasteiger partial charge in [0.25, 0.3) is 0 Å². The van der Waals surface area contributed by atoms with Gasteiger partial charge in [0.05, 0.1) is 0 Å². The molecule has 0 bridgehead atoms. The van der Waals surface area contributed by atoms with Gasteiger partial charge in [-0.05, 0) is 0 Å². The Hall–Kier alpha value is -1.76. The van der Waals surface area contributed by atoms with Gasteiger partial charge in [-0.1, -0.05) is 26.0 Å². The van der Waals surface area contributed by atoms with Crippen LogP contribution in [0.1, 0.15) is 18.1 Å². The first-order valence-corrected chi connectivity index (χ1v) is 8.74. The van der Waals surface area contributed by atoms with Crippen molar-refractivity contribution in [2.24, 2.45) is 0 Å². The van der Waals surface area contributed by atoms with E-state index in [4.69, 9.17) is 0 Å². The van der Waals surface area contributed by atoms with Crippen LogP contribution >= 0.6 is 0 Å². The van der Waals surface area contributed by atoms with Crippen molar-refractivity contribution >= 4 is 25.9 Å². The maximum absolute atomic E-state index is 2.16. The predicted molar refractivity (Wildman–Crippen MR) is 100 cm³/mol. The Morgan fingerprint density at radius 1 is 0.739 bits per heavy atom. The molecule has 0 fully saturated rings. The van der Waals surface area contributed by atoms with Gasteiger partial charge in [0.2, 0.25) is 0 Å². The fourth-order valence-corrected chi connectivity index (χ4v) is 2.65.